The second-order valence-corrected chi connectivity index (χ2v) is 6.30. The second kappa shape index (κ2) is 18.9. The zero-order valence-corrected chi connectivity index (χ0v) is 15.1. The molecule has 0 aromatic rings. The fourth-order valence-corrected chi connectivity index (χ4v) is 2.72. The summed E-state index contributed by atoms with van der Waals surface area (Å²) in [6, 6.07) is 0. The van der Waals surface area contributed by atoms with E-state index < -0.39 is 0 Å². The van der Waals surface area contributed by atoms with Gasteiger partial charge in [0.2, 0.25) is 0 Å². The quantitative estimate of drug-likeness (QED) is 0.340. The molecule has 0 unspecified atom stereocenters. The van der Waals surface area contributed by atoms with E-state index in [4.69, 9.17) is 11.5 Å². The van der Waals surface area contributed by atoms with Crippen molar-refractivity contribution < 1.29 is 0 Å². The Morgan fingerprint density at radius 1 is 0.636 bits per heavy atom. The number of nitrogens with one attached hydrogen (secondary N) is 1. The number of nitrogens with zero attached hydrogens (tertiary/aromatic N) is 1. The first kappa shape index (κ1) is 21.8. The highest BCUT2D eigenvalue weighted by Gasteiger charge is 2.01. The Bertz CT molecular complexity index is 200. The first-order valence-electron chi connectivity index (χ1n) is 9.68. The van der Waals surface area contributed by atoms with Crippen LogP contribution in [0, 0.1) is 0 Å². The van der Waals surface area contributed by atoms with Crippen molar-refractivity contribution in [2.45, 2.75) is 71.1 Å². The fraction of sp³-hybridized carbons (Fsp3) is 1.00. The molecule has 4 heteroatoms. The van der Waals surface area contributed by atoms with Crippen LogP contribution >= 0.6 is 0 Å². The maximum Gasteiger partial charge on any atom is 0.0107 e. The number of rotatable bonds is 18. The van der Waals surface area contributed by atoms with E-state index in [0.29, 0.717) is 0 Å². The minimum atomic E-state index is 0.845. The van der Waals surface area contributed by atoms with Crippen LogP contribution < -0.4 is 16.8 Å². The molecule has 0 aliphatic rings. The first-order chi connectivity index (χ1) is 10.8. The first-order valence-corrected chi connectivity index (χ1v) is 9.68. The lowest BCUT2D eigenvalue weighted by atomic mass is 10.1. The van der Waals surface area contributed by atoms with E-state index in [9.17, 15) is 0 Å². The lowest BCUT2D eigenvalue weighted by molar-refractivity contribution is 0.279. The van der Waals surface area contributed by atoms with Crippen LogP contribution in [0.15, 0.2) is 0 Å². The third kappa shape index (κ3) is 16.2. The smallest absolute Gasteiger partial charge is 0.0107 e. The number of nitrogens with two attached hydrogens (primary N) is 2. The maximum absolute atomic E-state index is 5.51. The average Bonchev–Trinajstić information content (AvgIpc) is 2.54. The van der Waals surface area contributed by atoms with Crippen molar-refractivity contribution in [3.63, 3.8) is 0 Å². The van der Waals surface area contributed by atoms with Gasteiger partial charge in [0.1, 0.15) is 0 Å². The minimum Gasteiger partial charge on any atom is -0.330 e. The van der Waals surface area contributed by atoms with Crippen molar-refractivity contribution in [3.8, 4) is 0 Å². The summed E-state index contributed by atoms with van der Waals surface area (Å²) in [4.78, 5) is 2.57. The van der Waals surface area contributed by atoms with E-state index in [0.717, 1.165) is 19.6 Å². The molecule has 0 aromatic carbocycles. The summed E-state index contributed by atoms with van der Waals surface area (Å²) < 4.78 is 0. The molecule has 0 fully saturated rings. The summed E-state index contributed by atoms with van der Waals surface area (Å²) >= 11 is 0. The molecule has 0 heterocycles. The standard InChI is InChI=1S/C18H42N4/c1-2-22(17-12-8-4-6-10-14-20)18-16-21-15-11-7-3-5-9-13-19/h21H,2-20H2,1H3. The Balaban J connectivity index is 3.28. The van der Waals surface area contributed by atoms with Gasteiger partial charge >= 0.3 is 0 Å². The van der Waals surface area contributed by atoms with Crippen LogP contribution in [-0.4, -0.2) is 50.7 Å². The van der Waals surface area contributed by atoms with Crippen molar-refractivity contribution in [3.05, 3.63) is 0 Å². The summed E-state index contributed by atoms with van der Waals surface area (Å²) in [5.74, 6) is 0. The lowest BCUT2D eigenvalue weighted by Crippen LogP contribution is -2.33. The van der Waals surface area contributed by atoms with Crippen LogP contribution in [0.1, 0.15) is 71.1 Å². The van der Waals surface area contributed by atoms with Gasteiger partial charge in [-0.1, -0.05) is 45.4 Å². The van der Waals surface area contributed by atoms with E-state index in [-0.39, 0.29) is 0 Å². The highest BCUT2D eigenvalue weighted by atomic mass is 15.1. The summed E-state index contributed by atoms with van der Waals surface area (Å²) in [5.41, 5.74) is 11.0. The predicted molar refractivity (Wildman–Crippen MR) is 99.3 cm³/mol. The van der Waals surface area contributed by atoms with E-state index in [1.54, 1.807) is 0 Å². The summed E-state index contributed by atoms with van der Waals surface area (Å²) in [5, 5.41) is 3.58. The SMILES string of the molecule is CCN(CCCCCCCN)CCNCCCCCCCN. The molecule has 0 aliphatic heterocycles. The van der Waals surface area contributed by atoms with Gasteiger partial charge in [0, 0.05) is 13.1 Å². The van der Waals surface area contributed by atoms with Gasteiger partial charge in [0.15, 0.2) is 0 Å². The lowest BCUT2D eigenvalue weighted by Gasteiger charge is -2.20. The van der Waals surface area contributed by atoms with Crippen molar-refractivity contribution in [2.24, 2.45) is 11.5 Å². The number of unbranched alkanes of at least 4 members (excludes halogenated alkanes) is 8. The molecule has 0 spiro atoms. The third-order valence-electron chi connectivity index (χ3n) is 4.29. The Kier molecular flexibility index (Phi) is 18.8. The number of hydrogen-bond donors (Lipinski definition) is 3. The average molecular weight is 315 g/mol. The maximum atomic E-state index is 5.51. The molecular formula is C18H42N4. The van der Waals surface area contributed by atoms with E-state index in [2.05, 4.69) is 17.1 Å². The highest BCUT2D eigenvalue weighted by molar-refractivity contribution is 4.59. The topological polar surface area (TPSA) is 67.3 Å². The van der Waals surface area contributed by atoms with Crippen LogP contribution in [0.5, 0.6) is 0 Å². The zero-order valence-electron chi connectivity index (χ0n) is 15.1. The van der Waals surface area contributed by atoms with Crippen molar-refractivity contribution in [1.29, 1.82) is 0 Å². The molecule has 0 radical (unpaired) electrons. The van der Waals surface area contributed by atoms with Crippen LogP contribution in [0.3, 0.4) is 0 Å². The van der Waals surface area contributed by atoms with E-state index >= 15 is 0 Å². The van der Waals surface area contributed by atoms with Gasteiger partial charge in [-0.3, -0.25) is 0 Å². The second-order valence-electron chi connectivity index (χ2n) is 6.30. The third-order valence-corrected chi connectivity index (χ3v) is 4.29. The van der Waals surface area contributed by atoms with Gasteiger partial charge in [-0.2, -0.15) is 0 Å². The molecule has 0 aliphatic carbocycles. The van der Waals surface area contributed by atoms with Crippen LogP contribution in [0.25, 0.3) is 0 Å². The van der Waals surface area contributed by atoms with Crippen LogP contribution in [-0.2, 0) is 0 Å². The molecule has 4 nitrogen and oxygen atoms in total. The van der Waals surface area contributed by atoms with Crippen molar-refractivity contribution >= 4 is 0 Å². The van der Waals surface area contributed by atoms with Gasteiger partial charge in [0.25, 0.3) is 0 Å². The van der Waals surface area contributed by atoms with Crippen LogP contribution in [0.4, 0.5) is 0 Å². The molecule has 0 saturated heterocycles. The zero-order chi connectivity index (χ0) is 16.3. The van der Waals surface area contributed by atoms with Gasteiger partial charge < -0.3 is 21.7 Å². The number of hydrogen-bond acceptors (Lipinski definition) is 4. The molecule has 0 saturated carbocycles. The van der Waals surface area contributed by atoms with Gasteiger partial charge in [0.05, 0.1) is 0 Å². The molecule has 134 valence electrons. The molecule has 0 rings (SSSR count). The number of likely N-dealkylation sites (N-methyl/N-ethyl adjacent to an activating group) is 1. The molecule has 0 atom stereocenters. The van der Waals surface area contributed by atoms with Gasteiger partial charge in [-0.05, 0) is 58.4 Å². The van der Waals surface area contributed by atoms with Gasteiger partial charge in [-0.25, -0.2) is 0 Å². The Morgan fingerprint density at radius 3 is 1.77 bits per heavy atom. The molecule has 0 bridgehead atoms. The Hall–Kier alpha value is -0.160. The summed E-state index contributed by atoms with van der Waals surface area (Å²) in [7, 11) is 0. The normalized spacial score (nSPS) is 11.5. The molecule has 5 N–H and O–H groups in total. The predicted octanol–water partition coefficient (Wildman–Crippen LogP) is 2.72. The molecule has 22 heavy (non-hydrogen) atoms. The summed E-state index contributed by atoms with van der Waals surface area (Å²) in [6.45, 7) is 9.86. The largest absolute Gasteiger partial charge is 0.330 e. The fourth-order valence-electron chi connectivity index (χ4n) is 2.72. The van der Waals surface area contributed by atoms with Crippen molar-refractivity contribution in [2.75, 3.05) is 45.8 Å². The summed E-state index contributed by atoms with van der Waals surface area (Å²) in [6.07, 6.45) is 13.0. The highest BCUT2D eigenvalue weighted by Crippen LogP contribution is 2.04. The monoisotopic (exact) mass is 314 g/mol. The molecule has 0 amide bonds. The Morgan fingerprint density at radius 2 is 1.18 bits per heavy atom. The van der Waals surface area contributed by atoms with E-state index in [1.165, 1.54) is 90.4 Å². The molecule has 0 aromatic heterocycles. The van der Waals surface area contributed by atoms with Gasteiger partial charge in [-0.15, -0.1) is 0 Å². The van der Waals surface area contributed by atoms with E-state index in [1.807, 2.05) is 0 Å². The van der Waals surface area contributed by atoms with Crippen molar-refractivity contribution in [1.82, 2.24) is 10.2 Å². The molecular weight excluding hydrogens is 272 g/mol. The Labute approximate surface area is 139 Å². The van der Waals surface area contributed by atoms with Crippen LogP contribution in [0.2, 0.25) is 0 Å². The minimum absolute atomic E-state index is 0.845.